The summed E-state index contributed by atoms with van der Waals surface area (Å²) < 4.78 is 45.7. The van der Waals surface area contributed by atoms with E-state index in [1.54, 1.807) is 0 Å². The van der Waals surface area contributed by atoms with E-state index in [0.29, 0.717) is 10.5 Å². The normalized spacial score (nSPS) is 14.4. The summed E-state index contributed by atoms with van der Waals surface area (Å²) in [6.07, 6.45) is -4.76. The molecular weight excluding hydrogens is 421 g/mol. The van der Waals surface area contributed by atoms with Crippen LogP contribution in [0.1, 0.15) is 11.3 Å². The topological polar surface area (TPSA) is 89.7 Å². The van der Waals surface area contributed by atoms with Crippen molar-refractivity contribution in [2.45, 2.75) is 19.3 Å². The van der Waals surface area contributed by atoms with Crippen molar-refractivity contribution < 1.29 is 27.4 Å². The number of alkyl halides is 3. The van der Waals surface area contributed by atoms with Gasteiger partial charge < -0.3 is 20.1 Å². The third-order valence-corrected chi connectivity index (χ3v) is 5.54. The largest absolute Gasteiger partial charge is 0.573 e. The second-order valence-electron chi connectivity index (χ2n) is 6.82. The summed E-state index contributed by atoms with van der Waals surface area (Å²) in [5.74, 6) is -0.393. The fourth-order valence-corrected chi connectivity index (χ4v) is 4.11. The maximum atomic E-state index is 12.2. The number of carbonyl (C=O) groups excluding carboxylic acids is 1. The molecule has 1 aliphatic heterocycles. The number of rotatable bonds is 3. The molecule has 3 heterocycles. The number of benzene rings is 1. The van der Waals surface area contributed by atoms with Gasteiger partial charge in [0.1, 0.15) is 10.6 Å². The minimum atomic E-state index is -4.78. The number of amides is 1. The van der Waals surface area contributed by atoms with Gasteiger partial charge in [0.05, 0.1) is 5.69 Å². The summed E-state index contributed by atoms with van der Waals surface area (Å²) in [6.45, 7) is 1.70. The third-order valence-electron chi connectivity index (χ3n) is 4.55. The summed E-state index contributed by atoms with van der Waals surface area (Å²) in [6, 6.07) is 6.68. The van der Waals surface area contributed by atoms with Crippen LogP contribution in [0.4, 0.5) is 29.3 Å². The number of hydrogen-bond acceptors (Lipinski definition) is 7. The lowest BCUT2D eigenvalue weighted by Gasteiger charge is -2.23. The van der Waals surface area contributed by atoms with Crippen LogP contribution in [0.3, 0.4) is 0 Å². The fourth-order valence-electron chi connectivity index (χ4n) is 3.16. The van der Waals surface area contributed by atoms with Crippen LogP contribution in [-0.2, 0) is 13.0 Å². The molecule has 0 spiro atoms. The van der Waals surface area contributed by atoms with Crippen molar-refractivity contribution in [1.82, 2.24) is 9.88 Å². The van der Waals surface area contributed by atoms with Gasteiger partial charge in [0.2, 0.25) is 5.06 Å². The molecule has 2 aromatic heterocycles. The van der Waals surface area contributed by atoms with Crippen molar-refractivity contribution in [3.8, 4) is 10.8 Å². The summed E-state index contributed by atoms with van der Waals surface area (Å²) in [5, 5.41) is 3.38. The van der Waals surface area contributed by atoms with Crippen LogP contribution in [0.5, 0.6) is 10.8 Å². The molecule has 0 fully saturated rings. The predicted molar refractivity (Wildman–Crippen MR) is 107 cm³/mol. The van der Waals surface area contributed by atoms with Crippen LogP contribution in [0.25, 0.3) is 10.2 Å². The Morgan fingerprint density at radius 3 is 2.73 bits per heavy atom. The minimum absolute atomic E-state index is 0.211. The third kappa shape index (κ3) is 4.41. The van der Waals surface area contributed by atoms with Gasteiger partial charge in [0, 0.05) is 36.3 Å². The van der Waals surface area contributed by atoms with E-state index in [1.165, 1.54) is 23.5 Å². The van der Waals surface area contributed by atoms with E-state index in [-0.39, 0.29) is 10.8 Å². The molecular formula is C19H17F3N4O3S. The van der Waals surface area contributed by atoms with Crippen LogP contribution >= 0.6 is 11.3 Å². The van der Waals surface area contributed by atoms with Gasteiger partial charge in [-0.15, -0.1) is 13.2 Å². The number of pyridine rings is 1. The molecule has 0 saturated heterocycles. The average Bonchev–Trinajstić information content (AvgIpc) is 2.95. The molecule has 0 aliphatic carbocycles. The van der Waals surface area contributed by atoms with E-state index in [2.05, 4.69) is 19.9 Å². The van der Waals surface area contributed by atoms with Crippen LogP contribution in [0.15, 0.2) is 30.3 Å². The molecule has 3 N–H and O–H groups in total. The fraction of sp³-hybridized carbons (Fsp3) is 0.263. The second kappa shape index (κ2) is 7.65. The number of carbonyl (C=O) groups is 1. The first kappa shape index (κ1) is 20.2. The lowest BCUT2D eigenvalue weighted by atomic mass is 10.0. The van der Waals surface area contributed by atoms with Gasteiger partial charge in [-0.25, -0.2) is 9.78 Å². The predicted octanol–water partition coefficient (Wildman–Crippen LogP) is 4.38. The molecule has 0 saturated carbocycles. The second-order valence-corrected chi connectivity index (χ2v) is 7.79. The molecule has 158 valence electrons. The lowest BCUT2D eigenvalue weighted by Crippen LogP contribution is -2.27. The highest BCUT2D eigenvalue weighted by Crippen LogP contribution is 2.40. The first-order valence-corrected chi connectivity index (χ1v) is 9.73. The Morgan fingerprint density at radius 2 is 2.03 bits per heavy atom. The Labute approximate surface area is 173 Å². The van der Waals surface area contributed by atoms with Gasteiger partial charge in [-0.1, -0.05) is 11.3 Å². The Morgan fingerprint density at radius 1 is 1.30 bits per heavy atom. The Balaban J connectivity index is 1.47. The van der Waals surface area contributed by atoms with Crippen LogP contribution in [0, 0.1) is 0 Å². The molecule has 1 aromatic carbocycles. The number of hydrogen-bond donors (Lipinski definition) is 2. The van der Waals surface area contributed by atoms with Gasteiger partial charge in [0.15, 0.2) is 0 Å². The zero-order valence-electron chi connectivity index (χ0n) is 15.7. The van der Waals surface area contributed by atoms with Gasteiger partial charge >= 0.3 is 12.5 Å². The number of likely N-dealkylation sites (N-methyl/N-ethyl adjacent to an activating group) is 1. The minimum Gasteiger partial charge on any atom is -0.406 e. The molecule has 0 unspecified atom stereocenters. The number of fused-ring (bicyclic) bond motifs is 2. The summed E-state index contributed by atoms with van der Waals surface area (Å²) >= 11 is 1.17. The quantitative estimate of drug-likeness (QED) is 0.631. The van der Waals surface area contributed by atoms with Crippen molar-refractivity contribution in [3.05, 3.63) is 41.6 Å². The summed E-state index contributed by atoms with van der Waals surface area (Å²) in [4.78, 5) is 19.7. The Kier molecular flexibility index (Phi) is 5.16. The van der Waals surface area contributed by atoms with Gasteiger partial charge in [-0.3, -0.25) is 5.32 Å². The molecule has 0 atom stereocenters. The smallest absolute Gasteiger partial charge is 0.406 e. The maximum Gasteiger partial charge on any atom is 0.573 e. The summed E-state index contributed by atoms with van der Waals surface area (Å²) in [7, 11) is 2.03. The average molecular weight is 438 g/mol. The molecule has 1 amide bonds. The van der Waals surface area contributed by atoms with E-state index in [0.717, 1.165) is 48.3 Å². The van der Waals surface area contributed by atoms with Crippen LogP contribution in [-0.4, -0.2) is 35.9 Å². The van der Waals surface area contributed by atoms with Gasteiger partial charge in [-0.2, -0.15) is 0 Å². The standard InChI is InChI=1S/C19H17F3N4O3S/c1-26-7-6-14-10(9-26)8-13-15(23)17(30-16(13)25-14)28-18(27)24-11-2-4-12(5-3-11)29-19(20,21)22/h2-5,8H,6-7,9,23H2,1H3,(H,24,27). The van der Waals surface area contributed by atoms with Crippen LogP contribution < -0.4 is 20.5 Å². The number of thiophene rings is 1. The van der Waals surface area contributed by atoms with Crippen molar-refractivity contribution in [1.29, 1.82) is 0 Å². The highest BCUT2D eigenvalue weighted by molar-refractivity contribution is 7.21. The first-order valence-electron chi connectivity index (χ1n) is 8.92. The number of nitrogen functional groups attached to an aromatic ring is 1. The van der Waals surface area contributed by atoms with Crippen LogP contribution in [0.2, 0.25) is 0 Å². The SMILES string of the molecule is CN1CCc2nc3sc(OC(=O)Nc4ccc(OC(F)(F)F)cc4)c(N)c3cc2C1. The van der Waals surface area contributed by atoms with E-state index in [1.807, 2.05) is 13.1 Å². The van der Waals surface area contributed by atoms with Gasteiger partial charge in [-0.05, 0) is 42.9 Å². The van der Waals surface area contributed by atoms with Crippen molar-refractivity contribution in [2.24, 2.45) is 0 Å². The zero-order chi connectivity index (χ0) is 21.5. The maximum absolute atomic E-state index is 12.2. The van der Waals surface area contributed by atoms with Crippen molar-refractivity contribution >= 4 is 39.0 Å². The number of aromatic nitrogens is 1. The number of halogens is 3. The highest BCUT2D eigenvalue weighted by Gasteiger charge is 2.31. The monoisotopic (exact) mass is 438 g/mol. The zero-order valence-corrected chi connectivity index (χ0v) is 16.6. The number of nitrogens with two attached hydrogens (primary N) is 1. The lowest BCUT2D eigenvalue weighted by molar-refractivity contribution is -0.274. The van der Waals surface area contributed by atoms with E-state index < -0.39 is 18.2 Å². The number of nitrogens with one attached hydrogen (secondary N) is 1. The molecule has 3 aromatic rings. The molecule has 7 nitrogen and oxygen atoms in total. The molecule has 1 aliphatic rings. The van der Waals surface area contributed by atoms with E-state index in [4.69, 9.17) is 10.5 Å². The number of anilines is 2. The Hall–Kier alpha value is -3.05. The summed E-state index contributed by atoms with van der Waals surface area (Å²) in [5.41, 5.74) is 8.83. The highest BCUT2D eigenvalue weighted by atomic mass is 32.1. The first-order chi connectivity index (χ1) is 14.2. The number of nitrogens with zero attached hydrogens (tertiary/aromatic N) is 2. The molecule has 11 heteroatoms. The molecule has 30 heavy (non-hydrogen) atoms. The molecule has 4 rings (SSSR count). The van der Waals surface area contributed by atoms with Gasteiger partial charge in [0.25, 0.3) is 0 Å². The molecule has 0 bridgehead atoms. The number of ether oxygens (including phenoxy) is 2. The Bertz CT molecular complexity index is 1100. The van der Waals surface area contributed by atoms with Crippen molar-refractivity contribution in [3.63, 3.8) is 0 Å². The van der Waals surface area contributed by atoms with E-state index >= 15 is 0 Å². The van der Waals surface area contributed by atoms with E-state index in [9.17, 15) is 18.0 Å². The van der Waals surface area contributed by atoms with Crippen molar-refractivity contribution in [2.75, 3.05) is 24.6 Å². The molecule has 0 radical (unpaired) electrons.